The average molecular weight is 515 g/mol. The van der Waals surface area contributed by atoms with Gasteiger partial charge in [0.25, 0.3) is 0 Å². The number of thioether (sulfide) groups is 4. The van der Waals surface area contributed by atoms with E-state index >= 15 is 0 Å². The fourth-order valence-electron chi connectivity index (χ4n) is 3.80. The van der Waals surface area contributed by atoms with Crippen molar-refractivity contribution in [3.8, 4) is 5.75 Å². The summed E-state index contributed by atoms with van der Waals surface area (Å²) in [5, 5.41) is 14.2. The van der Waals surface area contributed by atoms with E-state index in [1.807, 2.05) is 47.8 Å². The summed E-state index contributed by atoms with van der Waals surface area (Å²) >= 11 is 7.28. The van der Waals surface area contributed by atoms with Crippen molar-refractivity contribution < 1.29 is 9.52 Å². The molecular weight excluding hydrogens is 493 g/mol. The molecule has 1 atom stereocenters. The normalized spacial score (nSPS) is 20.7. The Bertz CT molecular complexity index is 1340. The lowest BCUT2D eigenvalue weighted by molar-refractivity contribution is 0.432. The molecule has 3 aliphatic rings. The summed E-state index contributed by atoms with van der Waals surface area (Å²) in [5.41, 5.74) is 1.72. The molecule has 2 aromatic rings. The van der Waals surface area contributed by atoms with Gasteiger partial charge in [-0.05, 0) is 54.5 Å². The standard InChI is InChI=1S/C24H22N2O3S4/c1-11-9-19(27)20(22(28)29-11)17-10-18(26-16-8-6-5-7-15(16)25-17)21-14(4)32-24(33-21)23-30-12(2)13(3)31-23/h5-9,18,26-27H,10H2,1-4H3. The van der Waals surface area contributed by atoms with Gasteiger partial charge < -0.3 is 14.8 Å². The summed E-state index contributed by atoms with van der Waals surface area (Å²) in [7, 11) is 0. The minimum absolute atomic E-state index is 0.0883. The number of aryl methyl sites for hydroxylation is 1. The summed E-state index contributed by atoms with van der Waals surface area (Å²) in [5.74, 6) is 0.271. The van der Waals surface area contributed by atoms with Crippen LogP contribution in [0.2, 0.25) is 0 Å². The zero-order valence-corrected chi connectivity index (χ0v) is 21.8. The molecule has 1 aromatic heterocycles. The topological polar surface area (TPSA) is 74.8 Å². The van der Waals surface area contributed by atoms with Crippen molar-refractivity contribution in [2.45, 2.75) is 40.2 Å². The lowest BCUT2D eigenvalue weighted by atomic mass is 10.0. The molecule has 5 nitrogen and oxygen atoms in total. The number of nitrogens with one attached hydrogen (secondary N) is 1. The predicted molar refractivity (Wildman–Crippen MR) is 145 cm³/mol. The minimum atomic E-state index is -0.567. The summed E-state index contributed by atoms with van der Waals surface area (Å²) in [6.07, 6.45) is 0.454. The van der Waals surface area contributed by atoms with Gasteiger partial charge in [0.1, 0.15) is 17.1 Å². The molecule has 170 valence electrons. The Balaban J connectivity index is 1.54. The molecule has 9 heteroatoms. The fourth-order valence-corrected chi connectivity index (χ4v) is 9.36. The van der Waals surface area contributed by atoms with Crippen molar-refractivity contribution >= 4 is 64.1 Å². The number of hydrogen-bond acceptors (Lipinski definition) is 9. The highest BCUT2D eigenvalue weighted by Crippen LogP contribution is 2.60. The lowest BCUT2D eigenvalue weighted by Crippen LogP contribution is -2.26. The second-order valence-electron chi connectivity index (χ2n) is 7.90. The first kappa shape index (κ1) is 22.8. The molecule has 2 N–H and O–H groups in total. The van der Waals surface area contributed by atoms with Gasteiger partial charge >= 0.3 is 5.63 Å². The van der Waals surface area contributed by atoms with E-state index in [-0.39, 0.29) is 17.4 Å². The van der Waals surface area contributed by atoms with E-state index in [1.165, 1.54) is 34.2 Å². The van der Waals surface area contributed by atoms with Crippen LogP contribution in [0.15, 0.2) is 72.6 Å². The van der Waals surface area contributed by atoms with E-state index in [1.54, 1.807) is 30.4 Å². The maximum absolute atomic E-state index is 12.7. The third kappa shape index (κ3) is 4.43. The van der Waals surface area contributed by atoms with E-state index in [0.717, 1.165) is 11.4 Å². The van der Waals surface area contributed by atoms with Gasteiger partial charge in [-0.3, -0.25) is 4.99 Å². The van der Waals surface area contributed by atoms with Gasteiger partial charge in [0, 0.05) is 17.4 Å². The van der Waals surface area contributed by atoms with Crippen LogP contribution in [0.25, 0.3) is 0 Å². The van der Waals surface area contributed by atoms with E-state index in [4.69, 9.17) is 9.41 Å². The van der Waals surface area contributed by atoms with Crippen LogP contribution in [0.1, 0.15) is 38.5 Å². The number of allylic oxidation sites excluding steroid dienone is 3. The van der Waals surface area contributed by atoms with Crippen LogP contribution in [-0.4, -0.2) is 16.9 Å². The van der Waals surface area contributed by atoms with Gasteiger partial charge in [0.05, 0.1) is 31.6 Å². The number of benzene rings is 1. The van der Waals surface area contributed by atoms with Crippen LogP contribution >= 0.6 is 47.0 Å². The number of para-hydroxylation sites is 2. The van der Waals surface area contributed by atoms with Crippen LogP contribution < -0.4 is 10.9 Å². The van der Waals surface area contributed by atoms with Crippen molar-refractivity contribution in [1.29, 1.82) is 0 Å². The molecule has 33 heavy (non-hydrogen) atoms. The van der Waals surface area contributed by atoms with Crippen molar-refractivity contribution in [2.24, 2.45) is 4.99 Å². The van der Waals surface area contributed by atoms with E-state index in [0.29, 0.717) is 17.9 Å². The lowest BCUT2D eigenvalue weighted by Gasteiger charge is -2.20. The molecule has 0 radical (unpaired) electrons. The van der Waals surface area contributed by atoms with Crippen LogP contribution in [0.5, 0.6) is 5.75 Å². The van der Waals surface area contributed by atoms with Crippen molar-refractivity contribution in [3.63, 3.8) is 0 Å². The quantitative estimate of drug-likeness (QED) is 0.426. The third-order valence-electron chi connectivity index (χ3n) is 5.50. The third-order valence-corrected chi connectivity index (χ3v) is 11.4. The first-order valence-corrected chi connectivity index (χ1v) is 13.7. The number of fused-ring (bicyclic) bond motifs is 1. The van der Waals surface area contributed by atoms with E-state index in [2.05, 4.69) is 26.1 Å². The summed E-state index contributed by atoms with van der Waals surface area (Å²) in [6, 6.07) is 9.17. The molecule has 1 unspecified atom stereocenters. The summed E-state index contributed by atoms with van der Waals surface area (Å²) < 4.78 is 7.93. The molecule has 0 bridgehead atoms. The van der Waals surface area contributed by atoms with E-state index < -0.39 is 5.63 Å². The smallest absolute Gasteiger partial charge is 0.348 e. The number of aliphatic imine (C=N–C) groups is 1. The number of rotatable bonds is 2. The Morgan fingerprint density at radius 3 is 2.39 bits per heavy atom. The molecule has 0 spiro atoms. The molecule has 0 amide bonds. The van der Waals surface area contributed by atoms with Crippen LogP contribution in [0.4, 0.5) is 11.4 Å². The van der Waals surface area contributed by atoms with Gasteiger partial charge in [0.15, 0.2) is 0 Å². The van der Waals surface area contributed by atoms with Crippen molar-refractivity contribution in [2.75, 3.05) is 5.32 Å². The van der Waals surface area contributed by atoms with Crippen LogP contribution in [0.3, 0.4) is 0 Å². The zero-order chi connectivity index (χ0) is 23.3. The highest BCUT2D eigenvalue weighted by atomic mass is 32.2. The van der Waals surface area contributed by atoms with Gasteiger partial charge in [-0.15, -0.1) is 0 Å². The Kier molecular flexibility index (Phi) is 6.24. The molecule has 0 aliphatic carbocycles. The summed E-state index contributed by atoms with van der Waals surface area (Å²) in [6.45, 7) is 8.12. The molecular formula is C24H22N2O3S4. The minimum Gasteiger partial charge on any atom is -0.507 e. The maximum atomic E-state index is 12.7. The van der Waals surface area contributed by atoms with Gasteiger partial charge in [0.2, 0.25) is 0 Å². The zero-order valence-electron chi connectivity index (χ0n) is 18.5. The number of hydrogen-bond donors (Lipinski definition) is 2. The van der Waals surface area contributed by atoms with E-state index in [9.17, 15) is 9.90 Å². The average Bonchev–Trinajstić information content (AvgIpc) is 3.23. The Labute approximate surface area is 209 Å². The van der Waals surface area contributed by atoms with Crippen LogP contribution in [0, 0.1) is 6.92 Å². The second kappa shape index (κ2) is 9.02. The molecule has 0 fully saturated rings. The largest absolute Gasteiger partial charge is 0.507 e. The van der Waals surface area contributed by atoms with Gasteiger partial charge in [-0.2, -0.15) is 0 Å². The highest BCUT2D eigenvalue weighted by Gasteiger charge is 2.33. The molecule has 0 saturated heterocycles. The Morgan fingerprint density at radius 1 is 1.00 bits per heavy atom. The Morgan fingerprint density at radius 2 is 1.67 bits per heavy atom. The predicted octanol–water partition coefficient (Wildman–Crippen LogP) is 7.53. The number of aromatic hydroxyl groups is 1. The number of anilines is 1. The molecule has 3 aliphatic heterocycles. The molecule has 0 saturated carbocycles. The van der Waals surface area contributed by atoms with Crippen LogP contribution in [-0.2, 0) is 0 Å². The maximum Gasteiger partial charge on any atom is 0.348 e. The summed E-state index contributed by atoms with van der Waals surface area (Å²) in [4.78, 5) is 22.7. The SMILES string of the molecule is CC1=C(C)SC(=C2SC(C)=C(C3CC(c4c(O)cc(C)oc4=O)=Nc4ccccc4N3)S2)S1. The molecule has 4 heterocycles. The monoisotopic (exact) mass is 514 g/mol. The van der Waals surface area contributed by atoms with Gasteiger partial charge in [-0.1, -0.05) is 59.2 Å². The second-order valence-corrected chi connectivity index (χ2v) is 13.1. The first-order valence-electron chi connectivity index (χ1n) is 10.4. The first-order chi connectivity index (χ1) is 15.8. The molecule has 1 aromatic carbocycles. The molecule has 5 rings (SSSR count). The Hall–Kier alpha value is -1.94. The highest BCUT2D eigenvalue weighted by molar-refractivity contribution is 8.34. The number of nitrogens with zero attached hydrogens (tertiary/aromatic N) is 1. The van der Waals surface area contributed by atoms with Crippen molar-refractivity contribution in [3.05, 3.63) is 80.2 Å². The van der Waals surface area contributed by atoms with Gasteiger partial charge in [-0.25, -0.2) is 4.79 Å². The van der Waals surface area contributed by atoms with Crippen molar-refractivity contribution in [1.82, 2.24) is 0 Å². The fraction of sp³-hybridized carbons (Fsp3) is 0.250.